The zero-order chi connectivity index (χ0) is 22.7. The monoisotopic (exact) mass is 442 g/mol. The summed E-state index contributed by atoms with van der Waals surface area (Å²) in [7, 11) is 2.13. The molecule has 4 rings (SSSR count). The van der Waals surface area contributed by atoms with Gasteiger partial charge in [-0.05, 0) is 30.3 Å². The quantitative estimate of drug-likeness (QED) is 0.747. The third-order valence-corrected chi connectivity index (χ3v) is 6.16. The number of nitrogens with zero attached hydrogens (tertiary/aromatic N) is 3. The first-order chi connectivity index (χ1) is 15.4. The van der Waals surface area contributed by atoms with Gasteiger partial charge in [-0.25, -0.2) is 8.78 Å². The maximum atomic E-state index is 14.1. The Kier molecular flexibility index (Phi) is 6.81. The van der Waals surface area contributed by atoms with Gasteiger partial charge in [0.25, 0.3) is 0 Å². The Morgan fingerprint density at radius 1 is 1.06 bits per heavy atom. The van der Waals surface area contributed by atoms with E-state index in [0.29, 0.717) is 6.54 Å². The van der Waals surface area contributed by atoms with E-state index in [0.717, 1.165) is 50.4 Å². The number of nitrogens with one attached hydrogen (secondary N) is 1. The van der Waals surface area contributed by atoms with Gasteiger partial charge in [0.05, 0.1) is 11.6 Å². The second-order valence-electron chi connectivity index (χ2n) is 8.62. The van der Waals surface area contributed by atoms with Crippen LogP contribution in [0.3, 0.4) is 0 Å². The number of carbonyl (C=O) groups is 2. The van der Waals surface area contributed by atoms with Gasteiger partial charge in [-0.1, -0.05) is 24.3 Å². The van der Waals surface area contributed by atoms with Crippen molar-refractivity contribution in [2.75, 3.05) is 44.7 Å². The molecule has 0 aromatic heterocycles. The van der Waals surface area contributed by atoms with Gasteiger partial charge < -0.3 is 15.1 Å². The lowest BCUT2D eigenvalue weighted by molar-refractivity contribution is -0.126. The van der Waals surface area contributed by atoms with Crippen molar-refractivity contribution < 1.29 is 18.4 Å². The molecule has 0 radical (unpaired) electrons. The second kappa shape index (κ2) is 9.75. The van der Waals surface area contributed by atoms with Crippen LogP contribution in [0.1, 0.15) is 17.5 Å². The predicted molar refractivity (Wildman–Crippen MR) is 118 cm³/mol. The molecule has 8 heteroatoms. The fourth-order valence-corrected chi connectivity index (χ4v) is 4.25. The van der Waals surface area contributed by atoms with Crippen LogP contribution < -0.4 is 10.2 Å². The van der Waals surface area contributed by atoms with Crippen LogP contribution in [0.2, 0.25) is 0 Å². The summed E-state index contributed by atoms with van der Waals surface area (Å²) in [6.07, 6.45) is 0.00605. The molecule has 32 heavy (non-hydrogen) atoms. The molecule has 2 aliphatic rings. The van der Waals surface area contributed by atoms with Crippen LogP contribution in [0.25, 0.3) is 0 Å². The molecule has 0 bridgehead atoms. The van der Waals surface area contributed by atoms with Gasteiger partial charge in [0, 0.05) is 58.3 Å². The molecule has 1 unspecified atom stereocenters. The van der Waals surface area contributed by atoms with E-state index in [1.807, 2.05) is 12.1 Å². The summed E-state index contributed by atoms with van der Waals surface area (Å²) in [5.74, 6) is -2.67. The van der Waals surface area contributed by atoms with Gasteiger partial charge in [0.2, 0.25) is 11.8 Å². The number of hydrogen-bond acceptors (Lipinski definition) is 4. The number of benzene rings is 2. The van der Waals surface area contributed by atoms with Gasteiger partial charge >= 0.3 is 0 Å². The molecule has 2 amide bonds. The maximum Gasteiger partial charge on any atom is 0.227 e. The molecule has 1 atom stereocenters. The van der Waals surface area contributed by atoms with Crippen LogP contribution in [0.5, 0.6) is 0 Å². The average Bonchev–Trinajstić information content (AvgIpc) is 3.15. The third kappa shape index (κ3) is 5.31. The zero-order valence-corrected chi connectivity index (χ0v) is 18.2. The summed E-state index contributed by atoms with van der Waals surface area (Å²) >= 11 is 0. The van der Waals surface area contributed by atoms with Crippen molar-refractivity contribution in [3.63, 3.8) is 0 Å². The Morgan fingerprint density at radius 3 is 2.56 bits per heavy atom. The predicted octanol–water partition coefficient (Wildman–Crippen LogP) is 2.38. The minimum Gasteiger partial charge on any atom is -0.352 e. The molecule has 0 aliphatic carbocycles. The molecule has 6 nitrogen and oxygen atoms in total. The lowest BCUT2D eigenvalue weighted by atomic mass is 10.1. The van der Waals surface area contributed by atoms with Gasteiger partial charge in [-0.3, -0.25) is 14.5 Å². The summed E-state index contributed by atoms with van der Waals surface area (Å²) in [6, 6.07) is 11.2. The first-order valence-corrected chi connectivity index (χ1v) is 10.9. The van der Waals surface area contributed by atoms with E-state index in [2.05, 4.69) is 34.3 Å². The average molecular weight is 443 g/mol. The second-order valence-corrected chi connectivity index (χ2v) is 8.62. The number of likely N-dealkylation sites (N-methyl/N-ethyl adjacent to an activating group) is 1. The van der Waals surface area contributed by atoms with E-state index in [1.54, 1.807) is 0 Å². The molecule has 0 spiro atoms. The van der Waals surface area contributed by atoms with Crippen molar-refractivity contribution >= 4 is 17.5 Å². The molecule has 2 fully saturated rings. The highest BCUT2D eigenvalue weighted by molar-refractivity contribution is 6.00. The molecular formula is C24H28F2N4O2. The molecule has 2 heterocycles. The number of carbonyl (C=O) groups excluding carboxylic acids is 2. The number of piperazine rings is 1. The molecule has 2 aliphatic heterocycles. The minimum atomic E-state index is -0.809. The molecule has 1 N–H and O–H groups in total. The summed E-state index contributed by atoms with van der Waals surface area (Å²) in [5.41, 5.74) is 2.20. The number of hydrogen-bond donors (Lipinski definition) is 1. The van der Waals surface area contributed by atoms with Gasteiger partial charge in [-0.2, -0.15) is 0 Å². The van der Waals surface area contributed by atoms with Crippen molar-refractivity contribution in [1.82, 2.24) is 15.1 Å². The fourth-order valence-electron chi connectivity index (χ4n) is 4.25. The summed E-state index contributed by atoms with van der Waals surface area (Å²) in [4.78, 5) is 30.9. The summed E-state index contributed by atoms with van der Waals surface area (Å²) in [5, 5.41) is 2.90. The van der Waals surface area contributed by atoms with Crippen LogP contribution >= 0.6 is 0 Å². The maximum absolute atomic E-state index is 14.1. The summed E-state index contributed by atoms with van der Waals surface area (Å²) < 4.78 is 27.2. The van der Waals surface area contributed by atoms with Crippen molar-refractivity contribution in [1.29, 1.82) is 0 Å². The number of anilines is 1. The van der Waals surface area contributed by atoms with Crippen molar-refractivity contribution in [2.24, 2.45) is 5.92 Å². The molecule has 0 saturated carbocycles. The Bertz CT molecular complexity index is 992. The number of amides is 2. The van der Waals surface area contributed by atoms with Crippen LogP contribution in [0.15, 0.2) is 42.5 Å². The van der Waals surface area contributed by atoms with E-state index in [1.165, 1.54) is 16.5 Å². The fraction of sp³-hybridized carbons (Fsp3) is 0.417. The van der Waals surface area contributed by atoms with Crippen LogP contribution in [0, 0.1) is 17.6 Å². The van der Waals surface area contributed by atoms with E-state index in [9.17, 15) is 18.4 Å². The van der Waals surface area contributed by atoms with E-state index in [-0.39, 0.29) is 30.5 Å². The molecule has 170 valence electrons. The Morgan fingerprint density at radius 2 is 1.81 bits per heavy atom. The van der Waals surface area contributed by atoms with E-state index >= 15 is 0 Å². The molecule has 2 aromatic rings. The summed E-state index contributed by atoms with van der Waals surface area (Å²) in [6.45, 7) is 5.53. The van der Waals surface area contributed by atoms with Gasteiger partial charge in [0.1, 0.15) is 11.6 Å². The Balaban J connectivity index is 1.31. The topological polar surface area (TPSA) is 55.9 Å². The van der Waals surface area contributed by atoms with Gasteiger partial charge in [-0.15, -0.1) is 0 Å². The highest BCUT2D eigenvalue weighted by Crippen LogP contribution is 2.28. The molecule has 2 aromatic carbocycles. The minimum absolute atomic E-state index is 0.00306. The SMILES string of the molecule is CN1CCN(Cc2cccc(CNC(=O)C3CC(=O)N(c4ccc(F)cc4F)C3)c2)CC1. The zero-order valence-electron chi connectivity index (χ0n) is 18.2. The number of halogens is 2. The van der Waals surface area contributed by atoms with E-state index in [4.69, 9.17) is 0 Å². The molecular weight excluding hydrogens is 414 g/mol. The first-order valence-electron chi connectivity index (χ1n) is 10.9. The Hall–Kier alpha value is -2.84. The normalized spacial score (nSPS) is 20.0. The largest absolute Gasteiger partial charge is 0.352 e. The van der Waals surface area contributed by atoms with E-state index < -0.39 is 17.6 Å². The highest BCUT2D eigenvalue weighted by Gasteiger charge is 2.36. The van der Waals surface area contributed by atoms with Crippen LogP contribution in [-0.2, 0) is 22.7 Å². The lowest BCUT2D eigenvalue weighted by Gasteiger charge is -2.32. The van der Waals surface area contributed by atoms with Crippen molar-refractivity contribution in [3.05, 3.63) is 65.2 Å². The lowest BCUT2D eigenvalue weighted by Crippen LogP contribution is -2.43. The van der Waals surface area contributed by atoms with Crippen LogP contribution in [0.4, 0.5) is 14.5 Å². The standard InChI is InChI=1S/C24H28F2N4O2/c1-28-7-9-29(10-8-28)15-18-4-2-3-17(11-18)14-27-24(32)19-12-23(31)30(16-19)22-6-5-20(25)13-21(22)26/h2-6,11,13,19H,7-10,12,14-16H2,1H3,(H,27,32). The number of rotatable bonds is 6. The molecule has 2 saturated heterocycles. The smallest absolute Gasteiger partial charge is 0.227 e. The van der Waals surface area contributed by atoms with Gasteiger partial charge in [0.15, 0.2) is 0 Å². The van der Waals surface area contributed by atoms with Crippen LogP contribution in [-0.4, -0.2) is 61.4 Å². The van der Waals surface area contributed by atoms with Crippen molar-refractivity contribution in [3.8, 4) is 0 Å². The Labute approximate surface area is 186 Å². The third-order valence-electron chi connectivity index (χ3n) is 6.16. The first kappa shape index (κ1) is 22.4. The van der Waals surface area contributed by atoms with Crippen molar-refractivity contribution in [2.45, 2.75) is 19.5 Å². The highest BCUT2D eigenvalue weighted by atomic mass is 19.1.